The molecule has 0 bridgehead atoms. The Bertz CT molecular complexity index is 661. The molecule has 0 radical (unpaired) electrons. The smallest absolute Gasteiger partial charge is 0.149 e. The Morgan fingerprint density at radius 2 is 1.33 bits per heavy atom. The Labute approximate surface area is 127 Å². The van der Waals surface area contributed by atoms with E-state index in [0.717, 1.165) is 32.4 Å². The van der Waals surface area contributed by atoms with Crippen LogP contribution in [0.5, 0.6) is 5.75 Å². The average Bonchev–Trinajstić information content (AvgIpc) is 2.56. The highest BCUT2D eigenvalue weighted by molar-refractivity contribution is 6.32. The fourth-order valence-corrected chi connectivity index (χ4v) is 2.74. The molecule has 1 aromatic heterocycles. The summed E-state index contributed by atoms with van der Waals surface area (Å²) in [4.78, 5) is 4.36. The maximum absolute atomic E-state index is 6.29. The molecule has 0 aliphatic heterocycles. The molecule has 21 heavy (non-hydrogen) atoms. The lowest BCUT2D eigenvalue weighted by Crippen LogP contribution is -2.17. The summed E-state index contributed by atoms with van der Waals surface area (Å²) in [7, 11) is 0.870. The van der Waals surface area contributed by atoms with Gasteiger partial charge < -0.3 is 4.74 Å². The van der Waals surface area contributed by atoms with E-state index >= 15 is 0 Å². The van der Waals surface area contributed by atoms with E-state index < -0.39 is 0 Å². The quantitative estimate of drug-likeness (QED) is 0.688. The zero-order valence-corrected chi connectivity index (χ0v) is 13.9. The van der Waals surface area contributed by atoms with E-state index in [1.807, 2.05) is 54.7 Å². The summed E-state index contributed by atoms with van der Waals surface area (Å²) in [5.41, 5.74) is 2.29. The van der Waals surface area contributed by atoms with Gasteiger partial charge in [0, 0.05) is 6.20 Å². The van der Waals surface area contributed by atoms with Gasteiger partial charge in [-0.25, -0.2) is 0 Å². The number of hydrogen-bond acceptors (Lipinski definition) is 2. The predicted molar refractivity (Wildman–Crippen MR) is 89.2 cm³/mol. The fourth-order valence-electron chi connectivity index (χ4n) is 2.31. The van der Waals surface area contributed by atoms with Gasteiger partial charge in [0.05, 0.1) is 15.6 Å². The second-order valence-corrected chi connectivity index (χ2v) is 5.85. The Kier molecular flexibility index (Phi) is 4.12. The van der Waals surface area contributed by atoms with E-state index in [0.29, 0.717) is 0 Å². The molecule has 2 nitrogen and oxygen atoms in total. The molecule has 0 fully saturated rings. The first-order chi connectivity index (χ1) is 10.3. The summed E-state index contributed by atoms with van der Waals surface area (Å²) in [5, 5.41) is 1.04. The van der Waals surface area contributed by atoms with Crippen molar-refractivity contribution in [1.82, 2.24) is 4.98 Å². The van der Waals surface area contributed by atoms with Gasteiger partial charge in [0.2, 0.25) is 0 Å². The second-order valence-electron chi connectivity index (χ2n) is 4.91. The highest BCUT2D eigenvalue weighted by Crippen LogP contribution is 2.27. The summed E-state index contributed by atoms with van der Waals surface area (Å²) in [6.07, 6.45) is 1.71. The van der Waals surface area contributed by atoms with Crippen LogP contribution in [0.1, 0.15) is 17.2 Å². The van der Waals surface area contributed by atoms with Crippen molar-refractivity contribution >= 4 is 15.6 Å². The van der Waals surface area contributed by atoms with Gasteiger partial charge in [-0.1, -0.05) is 60.7 Å². The standard InChI is InChI=1S/C18H17NOSi/c21-18-16(12-7-13-19-18)20-17(14-8-3-1-4-9-14)15-10-5-2-6-11-15/h1-13,17H,21H3. The van der Waals surface area contributed by atoms with Gasteiger partial charge in [-0.05, 0) is 23.3 Å². The van der Waals surface area contributed by atoms with Gasteiger partial charge in [-0.3, -0.25) is 4.98 Å². The van der Waals surface area contributed by atoms with E-state index in [9.17, 15) is 0 Å². The molecule has 0 aliphatic carbocycles. The van der Waals surface area contributed by atoms with E-state index in [4.69, 9.17) is 4.74 Å². The Hall–Kier alpha value is -2.39. The molecule has 3 aromatic rings. The first-order valence-corrected chi connectivity index (χ1v) is 8.03. The molecule has 0 unspecified atom stereocenters. The average molecular weight is 291 g/mol. The summed E-state index contributed by atoms with van der Waals surface area (Å²) < 4.78 is 6.29. The van der Waals surface area contributed by atoms with Crippen LogP contribution < -0.4 is 10.1 Å². The first kappa shape index (κ1) is 13.6. The summed E-state index contributed by atoms with van der Waals surface area (Å²) >= 11 is 0. The third-order valence-electron chi connectivity index (χ3n) is 3.41. The monoisotopic (exact) mass is 291 g/mol. The maximum Gasteiger partial charge on any atom is 0.149 e. The number of nitrogens with zero attached hydrogens (tertiary/aromatic N) is 1. The van der Waals surface area contributed by atoms with Crippen LogP contribution in [-0.4, -0.2) is 15.2 Å². The zero-order valence-electron chi connectivity index (χ0n) is 11.9. The molecular formula is C18H17NOSi. The minimum atomic E-state index is -0.107. The number of hydrogen-bond donors (Lipinski definition) is 0. The van der Waals surface area contributed by atoms with Crippen molar-refractivity contribution in [2.75, 3.05) is 0 Å². The van der Waals surface area contributed by atoms with Crippen LogP contribution in [0.2, 0.25) is 0 Å². The maximum atomic E-state index is 6.29. The molecule has 104 valence electrons. The largest absolute Gasteiger partial charge is 0.480 e. The summed E-state index contributed by atoms with van der Waals surface area (Å²) in [6, 6.07) is 24.5. The number of benzene rings is 2. The van der Waals surface area contributed by atoms with Gasteiger partial charge >= 0.3 is 0 Å². The Morgan fingerprint density at radius 1 is 0.762 bits per heavy atom. The van der Waals surface area contributed by atoms with E-state index in [2.05, 4.69) is 29.2 Å². The van der Waals surface area contributed by atoms with Crippen molar-refractivity contribution in [2.45, 2.75) is 6.10 Å². The second kappa shape index (κ2) is 6.37. The fraction of sp³-hybridized carbons (Fsp3) is 0.0556. The molecule has 0 amide bonds. The van der Waals surface area contributed by atoms with Gasteiger partial charge in [0.25, 0.3) is 0 Å². The summed E-state index contributed by atoms with van der Waals surface area (Å²) in [5.74, 6) is 0.877. The normalized spacial score (nSPS) is 10.7. The third-order valence-corrected chi connectivity index (χ3v) is 4.16. The van der Waals surface area contributed by atoms with Crippen molar-refractivity contribution in [3.63, 3.8) is 0 Å². The van der Waals surface area contributed by atoms with Crippen LogP contribution >= 0.6 is 0 Å². The topological polar surface area (TPSA) is 22.1 Å². The van der Waals surface area contributed by atoms with Crippen molar-refractivity contribution in [1.29, 1.82) is 0 Å². The van der Waals surface area contributed by atoms with E-state index in [1.54, 1.807) is 0 Å². The molecule has 3 heteroatoms. The first-order valence-electron chi connectivity index (χ1n) is 7.03. The predicted octanol–water partition coefficient (Wildman–Crippen LogP) is 2.24. The Morgan fingerprint density at radius 3 is 1.86 bits per heavy atom. The molecule has 2 aromatic carbocycles. The van der Waals surface area contributed by atoms with Gasteiger partial charge in [-0.15, -0.1) is 0 Å². The van der Waals surface area contributed by atoms with Crippen LogP contribution in [0.4, 0.5) is 0 Å². The van der Waals surface area contributed by atoms with Crippen molar-refractivity contribution in [3.8, 4) is 5.75 Å². The van der Waals surface area contributed by atoms with Gasteiger partial charge in [-0.2, -0.15) is 0 Å². The van der Waals surface area contributed by atoms with Crippen molar-refractivity contribution < 1.29 is 4.74 Å². The van der Waals surface area contributed by atoms with Crippen molar-refractivity contribution in [2.24, 2.45) is 0 Å². The lowest BCUT2D eigenvalue weighted by molar-refractivity contribution is 0.249. The lowest BCUT2D eigenvalue weighted by atomic mass is 10.0. The molecule has 0 saturated carbocycles. The molecule has 1 heterocycles. The van der Waals surface area contributed by atoms with Crippen LogP contribution in [0, 0.1) is 0 Å². The zero-order chi connectivity index (χ0) is 14.5. The van der Waals surface area contributed by atoms with Crippen molar-refractivity contribution in [3.05, 3.63) is 90.1 Å². The van der Waals surface area contributed by atoms with Crippen LogP contribution in [-0.2, 0) is 0 Å². The third kappa shape index (κ3) is 3.20. The number of pyridine rings is 1. The molecule has 0 saturated heterocycles. The SMILES string of the molecule is [SiH3]c1ncccc1OC(c1ccccc1)c1ccccc1. The highest BCUT2D eigenvalue weighted by atomic mass is 28.1. The lowest BCUT2D eigenvalue weighted by Gasteiger charge is -2.21. The minimum absolute atomic E-state index is 0.107. The van der Waals surface area contributed by atoms with Crippen LogP contribution in [0.25, 0.3) is 0 Å². The molecule has 0 N–H and O–H groups in total. The van der Waals surface area contributed by atoms with Gasteiger partial charge in [0.1, 0.15) is 11.9 Å². The minimum Gasteiger partial charge on any atom is -0.480 e. The number of rotatable bonds is 4. The molecule has 3 rings (SSSR count). The van der Waals surface area contributed by atoms with Crippen LogP contribution in [0.15, 0.2) is 79.0 Å². The summed E-state index contributed by atoms with van der Waals surface area (Å²) in [6.45, 7) is 0. The number of ether oxygens (including phenoxy) is 1. The number of aromatic nitrogens is 1. The molecular weight excluding hydrogens is 274 g/mol. The molecule has 0 aliphatic rings. The van der Waals surface area contributed by atoms with E-state index in [1.165, 1.54) is 0 Å². The van der Waals surface area contributed by atoms with Crippen LogP contribution in [0.3, 0.4) is 0 Å². The highest BCUT2D eigenvalue weighted by Gasteiger charge is 2.16. The van der Waals surface area contributed by atoms with Gasteiger partial charge in [0.15, 0.2) is 0 Å². The van der Waals surface area contributed by atoms with E-state index in [-0.39, 0.29) is 6.10 Å². The molecule has 0 atom stereocenters. The molecule has 0 spiro atoms. The Balaban J connectivity index is 1.99.